The molecule has 3 nitrogen and oxygen atoms in total. The molecule has 1 heterocycles. The van der Waals surface area contributed by atoms with Crippen LogP contribution in [-0.2, 0) is 4.74 Å². The van der Waals surface area contributed by atoms with Gasteiger partial charge >= 0.3 is 0 Å². The van der Waals surface area contributed by atoms with Gasteiger partial charge in [0, 0.05) is 24.2 Å². The highest BCUT2D eigenvalue weighted by Crippen LogP contribution is 2.26. The molecule has 18 heavy (non-hydrogen) atoms. The predicted octanol–water partition coefficient (Wildman–Crippen LogP) is 3.33. The van der Waals surface area contributed by atoms with Gasteiger partial charge in [0.05, 0.1) is 17.4 Å². The number of benzene rings is 1. The number of rotatable bonds is 2. The molecule has 0 N–H and O–H groups in total. The van der Waals surface area contributed by atoms with Crippen molar-refractivity contribution >= 4 is 21.6 Å². The van der Waals surface area contributed by atoms with Crippen LogP contribution in [0.15, 0.2) is 22.7 Å². The molecule has 0 aliphatic carbocycles. The number of nitriles is 1. The van der Waals surface area contributed by atoms with Crippen LogP contribution >= 0.6 is 15.9 Å². The number of ether oxygens (including phenoxy) is 1. The van der Waals surface area contributed by atoms with Crippen LogP contribution < -0.4 is 4.90 Å². The quantitative estimate of drug-likeness (QED) is 0.841. The Kier molecular flexibility index (Phi) is 4.62. The Hall–Kier alpha value is -1.05. The Morgan fingerprint density at radius 2 is 2.39 bits per heavy atom. The molecule has 1 atom stereocenters. The molecule has 1 saturated heterocycles. The van der Waals surface area contributed by atoms with E-state index in [4.69, 9.17) is 4.74 Å². The van der Waals surface area contributed by atoms with E-state index in [9.17, 15) is 5.26 Å². The minimum absolute atomic E-state index is 0.262. The lowest BCUT2D eigenvalue weighted by molar-refractivity contribution is 0.0664. The van der Waals surface area contributed by atoms with Crippen LogP contribution in [0.25, 0.3) is 0 Å². The fourth-order valence-electron chi connectivity index (χ4n) is 2.22. The third-order valence-corrected chi connectivity index (χ3v) is 3.72. The summed E-state index contributed by atoms with van der Waals surface area (Å²) in [7, 11) is 0. The zero-order valence-corrected chi connectivity index (χ0v) is 12.1. The lowest BCUT2D eigenvalue weighted by Gasteiger charge is -2.26. The molecule has 1 fully saturated rings. The van der Waals surface area contributed by atoms with Gasteiger partial charge in [0.1, 0.15) is 6.07 Å². The van der Waals surface area contributed by atoms with E-state index in [0.717, 1.165) is 48.3 Å². The summed E-state index contributed by atoms with van der Waals surface area (Å²) in [4.78, 5) is 2.27. The summed E-state index contributed by atoms with van der Waals surface area (Å²) >= 11 is 3.48. The summed E-state index contributed by atoms with van der Waals surface area (Å²) in [6.07, 6.45) is 2.28. The summed E-state index contributed by atoms with van der Waals surface area (Å²) in [5.74, 6) is 0. The predicted molar refractivity (Wildman–Crippen MR) is 75.7 cm³/mol. The van der Waals surface area contributed by atoms with Gasteiger partial charge in [0.2, 0.25) is 0 Å². The number of hydrogen-bond acceptors (Lipinski definition) is 3. The molecular formula is C14H17BrN2O. The van der Waals surface area contributed by atoms with E-state index < -0.39 is 0 Å². The fraction of sp³-hybridized carbons (Fsp3) is 0.500. The van der Waals surface area contributed by atoms with E-state index in [0.29, 0.717) is 0 Å². The minimum Gasteiger partial charge on any atom is -0.376 e. The highest BCUT2D eigenvalue weighted by molar-refractivity contribution is 9.10. The normalized spacial score (nSPS) is 20.3. The Morgan fingerprint density at radius 1 is 1.56 bits per heavy atom. The van der Waals surface area contributed by atoms with Crippen LogP contribution in [0.3, 0.4) is 0 Å². The van der Waals surface area contributed by atoms with Crippen LogP contribution in [0.1, 0.15) is 25.3 Å². The summed E-state index contributed by atoms with van der Waals surface area (Å²) in [5.41, 5.74) is 1.74. The Balaban J connectivity index is 2.29. The number of halogens is 1. The molecule has 0 radical (unpaired) electrons. The molecule has 2 rings (SSSR count). The maximum Gasteiger partial charge on any atom is 0.101 e. The molecule has 1 aliphatic heterocycles. The van der Waals surface area contributed by atoms with Crippen molar-refractivity contribution in [2.24, 2.45) is 0 Å². The monoisotopic (exact) mass is 308 g/mol. The molecule has 1 unspecified atom stereocenters. The topological polar surface area (TPSA) is 36.3 Å². The van der Waals surface area contributed by atoms with E-state index in [2.05, 4.69) is 33.8 Å². The van der Waals surface area contributed by atoms with Crippen molar-refractivity contribution in [3.8, 4) is 6.07 Å². The highest BCUT2D eigenvalue weighted by atomic mass is 79.9. The van der Waals surface area contributed by atoms with Gasteiger partial charge in [0.25, 0.3) is 0 Å². The van der Waals surface area contributed by atoms with Crippen LogP contribution in [-0.4, -0.2) is 25.8 Å². The van der Waals surface area contributed by atoms with Gasteiger partial charge in [-0.05, 0) is 31.0 Å². The molecule has 0 saturated carbocycles. The first-order chi connectivity index (χ1) is 8.74. The molecule has 0 aromatic heterocycles. The second-order valence-electron chi connectivity index (χ2n) is 4.47. The molecular weight excluding hydrogens is 292 g/mol. The van der Waals surface area contributed by atoms with Crippen molar-refractivity contribution in [1.82, 2.24) is 0 Å². The summed E-state index contributed by atoms with van der Waals surface area (Å²) < 4.78 is 6.78. The van der Waals surface area contributed by atoms with Crippen LogP contribution in [0, 0.1) is 11.3 Å². The van der Waals surface area contributed by atoms with Gasteiger partial charge in [-0.1, -0.05) is 22.9 Å². The third kappa shape index (κ3) is 3.04. The SMILES string of the molecule is CCC1CN(c2cc(Br)ccc2C#N)CCCO1. The van der Waals surface area contributed by atoms with Gasteiger partial charge in [-0.3, -0.25) is 0 Å². The van der Waals surface area contributed by atoms with Crippen LogP contribution in [0.4, 0.5) is 5.69 Å². The van der Waals surface area contributed by atoms with Crippen molar-refractivity contribution in [2.75, 3.05) is 24.6 Å². The molecule has 0 amide bonds. The van der Waals surface area contributed by atoms with Gasteiger partial charge in [-0.25, -0.2) is 0 Å². The van der Waals surface area contributed by atoms with Crippen molar-refractivity contribution in [3.63, 3.8) is 0 Å². The number of anilines is 1. The lowest BCUT2D eigenvalue weighted by atomic mass is 10.1. The molecule has 0 bridgehead atoms. The van der Waals surface area contributed by atoms with E-state index in [1.165, 1.54) is 0 Å². The zero-order chi connectivity index (χ0) is 13.0. The Bertz CT molecular complexity index is 456. The summed E-state index contributed by atoms with van der Waals surface area (Å²) in [5, 5.41) is 9.21. The first-order valence-corrected chi connectivity index (χ1v) is 7.10. The summed E-state index contributed by atoms with van der Waals surface area (Å²) in [6, 6.07) is 8.07. The smallest absolute Gasteiger partial charge is 0.101 e. The van der Waals surface area contributed by atoms with Crippen LogP contribution in [0.2, 0.25) is 0 Å². The van der Waals surface area contributed by atoms with Gasteiger partial charge in [-0.15, -0.1) is 0 Å². The van der Waals surface area contributed by atoms with Crippen molar-refractivity contribution in [1.29, 1.82) is 5.26 Å². The van der Waals surface area contributed by atoms with Crippen molar-refractivity contribution < 1.29 is 4.74 Å². The second kappa shape index (κ2) is 6.21. The average Bonchev–Trinajstić information content (AvgIpc) is 2.64. The largest absolute Gasteiger partial charge is 0.376 e. The van der Waals surface area contributed by atoms with Gasteiger partial charge in [0.15, 0.2) is 0 Å². The van der Waals surface area contributed by atoms with Crippen molar-refractivity contribution in [3.05, 3.63) is 28.2 Å². The lowest BCUT2D eigenvalue weighted by Crippen LogP contribution is -2.31. The third-order valence-electron chi connectivity index (χ3n) is 3.23. The maximum absolute atomic E-state index is 9.21. The van der Waals surface area contributed by atoms with E-state index in [1.54, 1.807) is 0 Å². The number of hydrogen-bond donors (Lipinski definition) is 0. The van der Waals surface area contributed by atoms with E-state index in [-0.39, 0.29) is 6.10 Å². The fourth-order valence-corrected chi connectivity index (χ4v) is 2.57. The molecule has 1 aromatic carbocycles. The zero-order valence-electron chi connectivity index (χ0n) is 10.5. The Labute approximate surface area is 116 Å². The molecule has 0 spiro atoms. The standard InChI is InChI=1S/C14H17BrN2O/c1-2-13-10-17(6-3-7-18-13)14-8-12(15)5-4-11(14)9-16/h4-5,8,13H,2-3,6-7,10H2,1H3. The van der Waals surface area contributed by atoms with E-state index in [1.807, 2.05) is 18.2 Å². The molecule has 96 valence electrons. The molecule has 4 heteroatoms. The second-order valence-corrected chi connectivity index (χ2v) is 5.39. The maximum atomic E-state index is 9.21. The van der Waals surface area contributed by atoms with Gasteiger partial charge in [-0.2, -0.15) is 5.26 Å². The number of nitrogens with zero attached hydrogens (tertiary/aromatic N) is 2. The first kappa shape index (κ1) is 13.4. The molecule has 1 aromatic rings. The van der Waals surface area contributed by atoms with Crippen LogP contribution in [0.5, 0.6) is 0 Å². The van der Waals surface area contributed by atoms with E-state index >= 15 is 0 Å². The average molecular weight is 309 g/mol. The molecule has 1 aliphatic rings. The van der Waals surface area contributed by atoms with Gasteiger partial charge < -0.3 is 9.64 Å². The summed E-state index contributed by atoms with van der Waals surface area (Å²) in [6.45, 7) is 4.76. The highest BCUT2D eigenvalue weighted by Gasteiger charge is 2.19. The minimum atomic E-state index is 0.262. The Morgan fingerprint density at radius 3 is 3.11 bits per heavy atom. The first-order valence-electron chi connectivity index (χ1n) is 6.30. The van der Waals surface area contributed by atoms with Crippen molar-refractivity contribution in [2.45, 2.75) is 25.9 Å².